The molecule has 8 heteroatoms. The standard InChI is InChI=1S/C18H22N4O4/c1-24-15-9-13(10-16(11-15)25-2)21-18(23)22-7-3-14(4-8-22)26-17-12-19-5-6-20-17/h5-6,9-12,14H,3-4,7-8H2,1-2H3,(H,21,23). The van der Waals surface area contributed by atoms with Crippen LogP contribution in [0.1, 0.15) is 12.8 Å². The van der Waals surface area contributed by atoms with Gasteiger partial charge < -0.3 is 24.4 Å². The zero-order valence-corrected chi connectivity index (χ0v) is 14.8. The van der Waals surface area contributed by atoms with Crippen LogP contribution in [0.3, 0.4) is 0 Å². The summed E-state index contributed by atoms with van der Waals surface area (Å²) in [5, 5.41) is 2.89. The van der Waals surface area contributed by atoms with Crippen molar-refractivity contribution in [3.05, 3.63) is 36.8 Å². The molecule has 0 bridgehead atoms. The first-order chi connectivity index (χ1) is 12.7. The van der Waals surface area contributed by atoms with Gasteiger partial charge >= 0.3 is 6.03 Å². The molecule has 2 aromatic rings. The van der Waals surface area contributed by atoms with Gasteiger partial charge in [-0.1, -0.05) is 0 Å². The number of likely N-dealkylation sites (tertiary alicyclic amines) is 1. The van der Waals surface area contributed by atoms with Crippen molar-refractivity contribution in [2.75, 3.05) is 32.6 Å². The Bertz CT molecular complexity index is 711. The van der Waals surface area contributed by atoms with Crippen LogP contribution in [0, 0.1) is 0 Å². The molecule has 1 fully saturated rings. The van der Waals surface area contributed by atoms with E-state index in [9.17, 15) is 4.79 Å². The highest BCUT2D eigenvalue weighted by Gasteiger charge is 2.24. The summed E-state index contributed by atoms with van der Waals surface area (Å²) in [5.74, 6) is 1.75. The number of carbonyl (C=O) groups is 1. The first-order valence-electron chi connectivity index (χ1n) is 8.39. The summed E-state index contributed by atoms with van der Waals surface area (Å²) in [6.45, 7) is 1.22. The molecule has 8 nitrogen and oxygen atoms in total. The van der Waals surface area contributed by atoms with E-state index in [0.29, 0.717) is 36.2 Å². The molecule has 1 aromatic heterocycles. The van der Waals surface area contributed by atoms with Crippen LogP contribution in [-0.4, -0.2) is 54.3 Å². The monoisotopic (exact) mass is 358 g/mol. The summed E-state index contributed by atoms with van der Waals surface area (Å²) in [6, 6.07) is 5.11. The van der Waals surface area contributed by atoms with E-state index in [4.69, 9.17) is 14.2 Å². The van der Waals surface area contributed by atoms with Crippen molar-refractivity contribution < 1.29 is 19.0 Å². The van der Waals surface area contributed by atoms with Gasteiger partial charge in [-0.05, 0) is 0 Å². The minimum absolute atomic E-state index is 0.0349. The number of benzene rings is 1. The summed E-state index contributed by atoms with van der Waals surface area (Å²) in [4.78, 5) is 22.4. The molecule has 1 aliphatic rings. The number of urea groups is 1. The fourth-order valence-corrected chi connectivity index (χ4v) is 2.78. The van der Waals surface area contributed by atoms with Crippen molar-refractivity contribution in [2.24, 2.45) is 0 Å². The van der Waals surface area contributed by atoms with Crippen molar-refractivity contribution in [3.8, 4) is 17.4 Å². The third-order valence-corrected chi connectivity index (χ3v) is 4.16. The van der Waals surface area contributed by atoms with Crippen molar-refractivity contribution in [1.29, 1.82) is 0 Å². The molecular weight excluding hydrogens is 336 g/mol. The SMILES string of the molecule is COc1cc(NC(=O)N2CCC(Oc3cnccn3)CC2)cc(OC)c1. The van der Waals surface area contributed by atoms with Crippen LogP contribution in [0.2, 0.25) is 0 Å². The van der Waals surface area contributed by atoms with Gasteiger partial charge in [0.1, 0.15) is 17.6 Å². The first-order valence-corrected chi connectivity index (χ1v) is 8.39. The van der Waals surface area contributed by atoms with E-state index < -0.39 is 0 Å². The smallest absolute Gasteiger partial charge is 0.321 e. The van der Waals surface area contributed by atoms with Gasteiger partial charge in [0, 0.05) is 62.2 Å². The predicted molar refractivity (Wildman–Crippen MR) is 95.8 cm³/mol. The number of ether oxygens (including phenoxy) is 3. The number of amides is 2. The second-order valence-corrected chi connectivity index (χ2v) is 5.88. The van der Waals surface area contributed by atoms with Crippen LogP contribution >= 0.6 is 0 Å². The lowest BCUT2D eigenvalue weighted by Gasteiger charge is -2.31. The molecule has 1 N–H and O–H groups in total. The molecule has 138 valence electrons. The maximum Gasteiger partial charge on any atom is 0.321 e. The number of nitrogens with zero attached hydrogens (tertiary/aromatic N) is 3. The minimum Gasteiger partial charge on any atom is -0.497 e. The Kier molecular flexibility index (Phi) is 5.73. The average Bonchev–Trinajstić information content (AvgIpc) is 2.69. The van der Waals surface area contributed by atoms with Gasteiger partial charge in [0.15, 0.2) is 0 Å². The molecule has 1 aromatic carbocycles. The highest BCUT2D eigenvalue weighted by molar-refractivity contribution is 5.89. The Hall–Kier alpha value is -3.03. The lowest BCUT2D eigenvalue weighted by molar-refractivity contribution is 0.111. The molecule has 0 radical (unpaired) electrons. The van der Waals surface area contributed by atoms with Gasteiger partial charge in [-0.25, -0.2) is 9.78 Å². The van der Waals surface area contributed by atoms with Crippen molar-refractivity contribution in [1.82, 2.24) is 14.9 Å². The van der Waals surface area contributed by atoms with Crippen LogP contribution in [0.5, 0.6) is 17.4 Å². The summed E-state index contributed by atoms with van der Waals surface area (Å²) < 4.78 is 16.2. The summed E-state index contributed by atoms with van der Waals surface area (Å²) in [5.41, 5.74) is 0.629. The number of nitrogens with one attached hydrogen (secondary N) is 1. The van der Waals surface area contributed by atoms with E-state index in [1.165, 1.54) is 0 Å². The largest absolute Gasteiger partial charge is 0.497 e. The van der Waals surface area contributed by atoms with Crippen LogP contribution in [-0.2, 0) is 0 Å². The molecule has 0 saturated carbocycles. The number of rotatable bonds is 5. The quantitative estimate of drug-likeness (QED) is 0.884. The molecule has 1 aliphatic heterocycles. The zero-order valence-electron chi connectivity index (χ0n) is 14.8. The van der Waals surface area contributed by atoms with Crippen LogP contribution < -0.4 is 19.5 Å². The van der Waals surface area contributed by atoms with Crippen molar-refractivity contribution in [3.63, 3.8) is 0 Å². The molecule has 3 rings (SSSR count). The van der Waals surface area contributed by atoms with Crippen LogP contribution in [0.15, 0.2) is 36.8 Å². The summed E-state index contributed by atoms with van der Waals surface area (Å²) in [7, 11) is 3.14. The van der Waals surface area contributed by atoms with E-state index in [-0.39, 0.29) is 12.1 Å². The van der Waals surface area contributed by atoms with Gasteiger partial charge in [0.2, 0.25) is 5.88 Å². The topological polar surface area (TPSA) is 85.8 Å². The maximum atomic E-state index is 12.5. The van der Waals surface area contributed by atoms with Crippen molar-refractivity contribution >= 4 is 11.7 Å². The van der Waals surface area contributed by atoms with E-state index in [0.717, 1.165) is 12.8 Å². The van der Waals surface area contributed by atoms with E-state index in [1.54, 1.807) is 55.9 Å². The minimum atomic E-state index is -0.154. The van der Waals surface area contributed by atoms with Gasteiger partial charge in [0.25, 0.3) is 0 Å². The Morgan fingerprint density at radius 2 is 1.81 bits per heavy atom. The molecule has 0 atom stereocenters. The average molecular weight is 358 g/mol. The zero-order chi connectivity index (χ0) is 18.4. The highest BCUT2D eigenvalue weighted by atomic mass is 16.5. The Morgan fingerprint density at radius 1 is 1.12 bits per heavy atom. The number of carbonyl (C=O) groups excluding carboxylic acids is 1. The second-order valence-electron chi connectivity index (χ2n) is 5.88. The Labute approximate surface area is 152 Å². The first kappa shape index (κ1) is 17.8. The molecule has 0 aliphatic carbocycles. The normalized spacial score (nSPS) is 14.6. The lowest BCUT2D eigenvalue weighted by atomic mass is 10.1. The molecule has 0 spiro atoms. The van der Waals surface area contributed by atoms with E-state index >= 15 is 0 Å². The van der Waals surface area contributed by atoms with Gasteiger partial charge in [-0.15, -0.1) is 0 Å². The lowest BCUT2D eigenvalue weighted by Crippen LogP contribution is -2.43. The third-order valence-electron chi connectivity index (χ3n) is 4.16. The number of methoxy groups -OCH3 is 2. The molecule has 0 unspecified atom stereocenters. The Balaban J connectivity index is 1.54. The predicted octanol–water partition coefficient (Wildman–Crippen LogP) is 2.57. The fourth-order valence-electron chi connectivity index (χ4n) is 2.78. The Morgan fingerprint density at radius 3 is 2.38 bits per heavy atom. The van der Waals surface area contributed by atoms with E-state index in [1.807, 2.05) is 0 Å². The highest BCUT2D eigenvalue weighted by Crippen LogP contribution is 2.26. The van der Waals surface area contributed by atoms with Gasteiger partial charge in [-0.3, -0.25) is 4.98 Å². The third kappa shape index (κ3) is 4.53. The van der Waals surface area contributed by atoms with Crippen molar-refractivity contribution in [2.45, 2.75) is 18.9 Å². The molecule has 2 heterocycles. The summed E-state index contributed by atoms with van der Waals surface area (Å²) in [6.07, 6.45) is 6.31. The number of aromatic nitrogens is 2. The van der Waals surface area contributed by atoms with Crippen LogP contribution in [0.25, 0.3) is 0 Å². The number of hydrogen-bond donors (Lipinski definition) is 1. The van der Waals surface area contributed by atoms with Gasteiger partial charge in [-0.2, -0.15) is 0 Å². The van der Waals surface area contributed by atoms with Gasteiger partial charge in [0.05, 0.1) is 20.4 Å². The fraction of sp³-hybridized carbons (Fsp3) is 0.389. The molecule has 26 heavy (non-hydrogen) atoms. The van der Waals surface area contributed by atoms with E-state index in [2.05, 4.69) is 15.3 Å². The molecule has 2 amide bonds. The second kappa shape index (κ2) is 8.37. The number of hydrogen-bond acceptors (Lipinski definition) is 6. The molecule has 1 saturated heterocycles. The number of anilines is 1. The van der Waals surface area contributed by atoms with Crippen LogP contribution in [0.4, 0.5) is 10.5 Å². The number of piperidine rings is 1. The molecular formula is C18H22N4O4. The summed E-state index contributed by atoms with van der Waals surface area (Å²) >= 11 is 0. The maximum absolute atomic E-state index is 12.5.